The van der Waals surface area contributed by atoms with Crippen LogP contribution in [-0.2, 0) is 0 Å². The largest absolute Gasteiger partial charge is 0.350 e. The minimum atomic E-state index is -0.825. The fraction of sp³-hybridized carbons (Fsp3) is 0.182. The number of nitrogens with two attached hydrogens (primary N) is 1. The molecule has 8 heteroatoms. The van der Waals surface area contributed by atoms with Gasteiger partial charge in [-0.05, 0) is 12.1 Å². The van der Waals surface area contributed by atoms with Gasteiger partial charge in [-0.2, -0.15) is 5.01 Å². The summed E-state index contributed by atoms with van der Waals surface area (Å²) in [5, 5.41) is 1.39. The summed E-state index contributed by atoms with van der Waals surface area (Å²) in [6.07, 6.45) is 0. The van der Waals surface area contributed by atoms with Gasteiger partial charge in [0.1, 0.15) is 0 Å². The number of primary amides is 1. The lowest BCUT2D eigenvalue weighted by molar-refractivity contribution is 0.218. The Bertz CT molecular complexity index is 591. The van der Waals surface area contributed by atoms with Crippen molar-refractivity contribution < 1.29 is 9.59 Å². The van der Waals surface area contributed by atoms with Gasteiger partial charge in [-0.25, -0.2) is 20.0 Å². The second-order valence-electron chi connectivity index (χ2n) is 3.95. The second-order valence-corrected chi connectivity index (χ2v) is 4.96. The van der Waals surface area contributed by atoms with Crippen LogP contribution in [0.15, 0.2) is 24.3 Å². The first-order chi connectivity index (χ1) is 8.99. The van der Waals surface area contributed by atoms with Crippen molar-refractivity contribution in [2.45, 2.75) is 0 Å². The maximum atomic E-state index is 12.0. The molecule has 0 fully saturated rings. The molecule has 0 saturated heterocycles. The van der Waals surface area contributed by atoms with Gasteiger partial charge in [0.2, 0.25) is 5.13 Å². The van der Waals surface area contributed by atoms with E-state index in [-0.39, 0.29) is 0 Å². The lowest BCUT2D eigenvalue weighted by atomic mass is 10.3. The molecule has 1 heterocycles. The highest BCUT2D eigenvalue weighted by atomic mass is 32.1. The molecule has 1 aromatic carbocycles. The van der Waals surface area contributed by atoms with Crippen molar-refractivity contribution >= 4 is 38.7 Å². The summed E-state index contributed by atoms with van der Waals surface area (Å²) in [6, 6.07) is 6.19. The highest BCUT2D eigenvalue weighted by molar-refractivity contribution is 7.22. The molecule has 2 rings (SSSR count). The van der Waals surface area contributed by atoms with Crippen LogP contribution in [0.2, 0.25) is 0 Å². The minimum absolute atomic E-state index is 0.360. The Labute approximate surface area is 113 Å². The monoisotopic (exact) mass is 279 g/mol. The van der Waals surface area contributed by atoms with Crippen LogP contribution in [0.1, 0.15) is 0 Å². The molecule has 0 aliphatic rings. The highest BCUT2D eigenvalue weighted by Gasteiger charge is 2.22. The number of rotatable bonds is 1. The van der Waals surface area contributed by atoms with E-state index in [9.17, 15) is 9.59 Å². The van der Waals surface area contributed by atoms with Gasteiger partial charge in [-0.15, -0.1) is 0 Å². The molecule has 0 spiro atoms. The van der Waals surface area contributed by atoms with Gasteiger partial charge >= 0.3 is 12.1 Å². The zero-order valence-corrected chi connectivity index (χ0v) is 11.3. The number of carbonyl (C=O) groups is 2. The molecule has 0 radical (unpaired) electrons. The van der Waals surface area contributed by atoms with Gasteiger partial charge in [0.25, 0.3) is 0 Å². The number of hydrogen-bond donors (Lipinski definition) is 2. The number of aromatic nitrogens is 1. The number of thiazole rings is 1. The van der Waals surface area contributed by atoms with E-state index in [1.807, 2.05) is 24.3 Å². The number of amides is 4. The average molecular weight is 279 g/mol. The van der Waals surface area contributed by atoms with Crippen LogP contribution in [0, 0.1) is 0 Å². The van der Waals surface area contributed by atoms with Crippen LogP contribution >= 0.6 is 11.3 Å². The van der Waals surface area contributed by atoms with Crippen molar-refractivity contribution in [3.63, 3.8) is 0 Å². The van der Waals surface area contributed by atoms with Crippen LogP contribution in [0.3, 0.4) is 0 Å². The molecule has 3 N–H and O–H groups in total. The molecule has 0 bridgehead atoms. The van der Waals surface area contributed by atoms with E-state index >= 15 is 0 Å². The molecular weight excluding hydrogens is 266 g/mol. The van der Waals surface area contributed by atoms with Gasteiger partial charge in [-0.1, -0.05) is 23.5 Å². The summed E-state index contributed by atoms with van der Waals surface area (Å²) in [5.41, 5.74) is 8.10. The van der Waals surface area contributed by atoms with Crippen LogP contribution in [0.5, 0.6) is 0 Å². The SMILES string of the molecule is CN(C)C(=O)N(NC(N)=O)c1nc2ccccc2s1. The molecule has 0 saturated carbocycles. The zero-order chi connectivity index (χ0) is 14.0. The van der Waals surface area contributed by atoms with Crippen molar-refractivity contribution in [3.8, 4) is 0 Å². The fourth-order valence-electron chi connectivity index (χ4n) is 1.44. The number of anilines is 1. The fourth-order valence-corrected chi connectivity index (χ4v) is 2.36. The number of hydrogen-bond acceptors (Lipinski definition) is 4. The van der Waals surface area contributed by atoms with Crippen LogP contribution in [0.4, 0.5) is 14.7 Å². The van der Waals surface area contributed by atoms with E-state index in [0.29, 0.717) is 5.13 Å². The highest BCUT2D eigenvalue weighted by Crippen LogP contribution is 2.28. The number of urea groups is 2. The Morgan fingerprint density at radius 2 is 2.00 bits per heavy atom. The van der Waals surface area contributed by atoms with E-state index < -0.39 is 12.1 Å². The first-order valence-electron chi connectivity index (χ1n) is 5.42. The maximum Gasteiger partial charge on any atom is 0.345 e. The van der Waals surface area contributed by atoms with E-state index in [0.717, 1.165) is 15.2 Å². The minimum Gasteiger partial charge on any atom is -0.350 e. The van der Waals surface area contributed by atoms with Gasteiger partial charge in [0, 0.05) is 14.1 Å². The van der Waals surface area contributed by atoms with Crippen molar-refractivity contribution in [2.75, 3.05) is 19.1 Å². The standard InChI is InChI=1S/C11H13N5O2S/c1-15(2)11(18)16(14-9(12)17)10-13-7-5-3-4-6-8(7)19-10/h3-6H,1-2H3,(H3,12,14,17). The smallest absolute Gasteiger partial charge is 0.345 e. The first-order valence-corrected chi connectivity index (χ1v) is 6.24. The third-order valence-corrected chi connectivity index (χ3v) is 3.29. The topological polar surface area (TPSA) is 91.6 Å². The van der Waals surface area contributed by atoms with E-state index in [4.69, 9.17) is 5.73 Å². The first kappa shape index (κ1) is 13.1. The molecule has 1 aromatic heterocycles. The predicted molar refractivity (Wildman–Crippen MR) is 73.9 cm³/mol. The van der Waals surface area contributed by atoms with Crippen LogP contribution in [-0.4, -0.2) is 36.0 Å². The number of fused-ring (bicyclic) bond motifs is 1. The Morgan fingerprint density at radius 3 is 2.58 bits per heavy atom. The Morgan fingerprint density at radius 1 is 1.32 bits per heavy atom. The number of nitrogens with one attached hydrogen (secondary N) is 1. The van der Waals surface area contributed by atoms with Crippen LogP contribution in [0.25, 0.3) is 10.2 Å². The summed E-state index contributed by atoms with van der Waals surface area (Å²) in [6.45, 7) is 0. The molecule has 2 aromatic rings. The zero-order valence-electron chi connectivity index (χ0n) is 10.5. The van der Waals surface area contributed by atoms with Crippen molar-refractivity contribution in [1.29, 1.82) is 0 Å². The molecule has 7 nitrogen and oxygen atoms in total. The number of carbonyl (C=O) groups excluding carboxylic acids is 2. The van der Waals surface area contributed by atoms with Crippen molar-refractivity contribution in [3.05, 3.63) is 24.3 Å². The third-order valence-electron chi connectivity index (χ3n) is 2.27. The van der Waals surface area contributed by atoms with Gasteiger partial charge in [0.05, 0.1) is 10.2 Å². The average Bonchev–Trinajstić information content (AvgIpc) is 2.78. The summed E-state index contributed by atoms with van der Waals surface area (Å²) >= 11 is 1.29. The van der Waals surface area contributed by atoms with Crippen molar-refractivity contribution in [2.24, 2.45) is 5.73 Å². The van der Waals surface area contributed by atoms with Crippen LogP contribution < -0.4 is 16.2 Å². The molecule has 0 unspecified atom stereocenters. The summed E-state index contributed by atoms with van der Waals surface area (Å²) in [7, 11) is 3.15. The third kappa shape index (κ3) is 2.74. The van der Waals surface area contributed by atoms with Gasteiger partial charge < -0.3 is 10.6 Å². The maximum absolute atomic E-state index is 12.0. The number of benzene rings is 1. The van der Waals surface area contributed by atoms with E-state index in [1.54, 1.807) is 14.1 Å². The van der Waals surface area contributed by atoms with E-state index in [1.165, 1.54) is 16.2 Å². The Balaban J connectivity index is 2.41. The molecule has 0 atom stereocenters. The number of hydrazine groups is 1. The summed E-state index contributed by atoms with van der Waals surface area (Å²) in [4.78, 5) is 28.6. The molecule has 19 heavy (non-hydrogen) atoms. The molecule has 0 aliphatic heterocycles. The number of para-hydroxylation sites is 1. The molecule has 100 valence electrons. The van der Waals surface area contributed by atoms with Crippen molar-refractivity contribution in [1.82, 2.24) is 15.3 Å². The van der Waals surface area contributed by atoms with E-state index in [2.05, 4.69) is 10.4 Å². The van der Waals surface area contributed by atoms with Gasteiger partial charge in [0.15, 0.2) is 0 Å². The summed E-state index contributed by atoms with van der Waals surface area (Å²) < 4.78 is 0.917. The molecular formula is C11H13N5O2S. The summed E-state index contributed by atoms with van der Waals surface area (Å²) in [5.74, 6) is 0. The number of nitrogens with zero attached hydrogens (tertiary/aromatic N) is 3. The quantitative estimate of drug-likeness (QED) is 0.772. The van der Waals surface area contributed by atoms with Gasteiger partial charge in [-0.3, -0.25) is 0 Å². The lowest BCUT2D eigenvalue weighted by Gasteiger charge is -2.22. The second kappa shape index (κ2) is 5.11. The Kier molecular flexibility index (Phi) is 3.52. The normalized spacial score (nSPS) is 10.2. The molecule has 4 amide bonds. The predicted octanol–water partition coefficient (Wildman–Crippen LogP) is 1.37. The molecule has 0 aliphatic carbocycles. The lowest BCUT2D eigenvalue weighted by Crippen LogP contribution is -2.52. The Hall–Kier alpha value is -2.35.